The molecular weight excluding hydrogens is 180 g/mol. The summed E-state index contributed by atoms with van der Waals surface area (Å²) in [6.45, 7) is 6.09. The van der Waals surface area contributed by atoms with Crippen LogP contribution < -0.4 is 0 Å². The lowest BCUT2D eigenvalue weighted by Gasteiger charge is -1.99. The first-order valence-corrected chi connectivity index (χ1v) is 6.86. The summed E-state index contributed by atoms with van der Waals surface area (Å²) in [4.78, 5) is 0. The molecule has 0 spiro atoms. The molecule has 15 heavy (non-hydrogen) atoms. The van der Waals surface area contributed by atoms with Crippen LogP contribution in [0.4, 0.5) is 0 Å². The third kappa shape index (κ3) is 13.7. The van der Waals surface area contributed by atoms with Crippen molar-refractivity contribution in [1.29, 1.82) is 0 Å². The van der Waals surface area contributed by atoms with Gasteiger partial charge in [-0.15, -0.1) is 0 Å². The first kappa shape index (κ1) is 14.7. The van der Waals surface area contributed by atoms with Crippen LogP contribution in [0.1, 0.15) is 77.6 Å². The first-order valence-electron chi connectivity index (χ1n) is 6.86. The van der Waals surface area contributed by atoms with Crippen molar-refractivity contribution in [1.82, 2.24) is 0 Å². The molecule has 1 radical (unpaired) electrons. The van der Waals surface area contributed by atoms with Gasteiger partial charge in [-0.1, -0.05) is 70.9 Å². The zero-order valence-corrected chi connectivity index (χ0v) is 10.6. The summed E-state index contributed by atoms with van der Waals surface area (Å²) < 4.78 is 0. The fourth-order valence-corrected chi connectivity index (χ4v) is 1.75. The van der Waals surface area contributed by atoms with E-state index in [1.54, 1.807) is 0 Å². The van der Waals surface area contributed by atoms with Gasteiger partial charge < -0.3 is 0 Å². The van der Waals surface area contributed by atoms with E-state index in [4.69, 9.17) is 0 Å². The monoisotopic (exact) mass is 209 g/mol. The van der Waals surface area contributed by atoms with E-state index < -0.39 is 0 Å². The summed E-state index contributed by atoms with van der Waals surface area (Å²) in [6.07, 6.45) is 19.4. The second-order valence-electron chi connectivity index (χ2n) is 4.38. The lowest BCUT2D eigenvalue weighted by molar-refractivity contribution is 0.577. The molecule has 0 heterocycles. The summed E-state index contributed by atoms with van der Waals surface area (Å²) in [7, 11) is 0. The molecule has 0 saturated carbocycles. The van der Waals surface area contributed by atoms with Gasteiger partial charge in [0, 0.05) is 0 Å². The third-order valence-electron chi connectivity index (χ3n) is 2.76. The average Bonchev–Trinajstić information content (AvgIpc) is 2.26. The predicted octanol–water partition coefficient (Wildman–Crippen LogP) is 5.69. The lowest BCUT2D eigenvalue weighted by atomic mass is 10.1. The maximum absolute atomic E-state index is 3.82. The minimum Gasteiger partial charge on any atom is -0.0885 e. The molecule has 0 N–H and O–H groups in total. The Morgan fingerprint density at radius 2 is 1.27 bits per heavy atom. The van der Waals surface area contributed by atoms with Gasteiger partial charge in [-0.05, 0) is 25.7 Å². The molecule has 0 amide bonds. The average molecular weight is 209 g/mol. The van der Waals surface area contributed by atoms with Gasteiger partial charge in [0.2, 0.25) is 0 Å². The fraction of sp³-hybridized carbons (Fsp3) is 0.800. The summed E-state index contributed by atoms with van der Waals surface area (Å²) in [6, 6.07) is 0. The van der Waals surface area contributed by atoms with Crippen LogP contribution in [0.25, 0.3) is 0 Å². The highest BCUT2D eigenvalue weighted by Crippen LogP contribution is 2.09. The molecule has 0 fully saturated rings. The maximum atomic E-state index is 3.82. The number of rotatable bonds is 11. The quantitative estimate of drug-likeness (QED) is 0.303. The molecule has 0 aliphatic heterocycles. The predicted molar refractivity (Wildman–Crippen MR) is 71.0 cm³/mol. The zero-order valence-electron chi connectivity index (χ0n) is 10.6. The van der Waals surface area contributed by atoms with E-state index in [-0.39, 0.29) is 0 Å². The van der Waals surface area contributed by atoms with Crippen molar-refractivity contribution in [2.24, 2.45) is 0 Å². The van der Waals surface area contributed by atoms with Gasteiger partial charge >= 0.3 is 0 Å². The zero-order chi connectivity index (χ0) is 11.2. The molecule has 0 rings (SSSR count). The Balaban J connectivity index is 2.92. The SMILES string of the molecule is [CH2]CCC=CCCCCCCCCCC. The topological polar surface area (TPSA) is 0 Å². The van der Waals surface area contributed by atoms with E-state index in [0.29, 0.717) is 0 Å². The molecule has 0 aromatic carbocycles. The van der Waals surface area contributed by atoms with Crippen molar-refractivity contribution in [2.75, 3.05) is 0 Å². The van der Waals surface area contributed by atoms with Crippen LogP contribution in [0.15, 0.2) is 12.2 Å². The molecule has 89 valence electrons. The highest BCUT2D eigenvalue weighted by atomic mass is 14.0. The highest BCUT2D eigenvalue weighted by molar-refractivity contribution is 4.81. The van der Waals surface area contributed by atoms with Crippen LogP contribution >= 0.6 is 0 Å². The Bertz CT molecular complexity index is 124. The van der Waals surface area contributed by atoms with Gasteiger partial charge in [0.15, 0.2) is 0 Å². The Kier molecular flexibility index (Phi) is 13.5. The van der Waals surface area contributed by atoms with Gasteiger partial charge in [0.25, 0.3) is 0 Å². The highest BCUT2D eigenvalue weighted by Gasteiger charge is 1.90. The molecule has 0 unspecified atom stereocenters. The molecule has 0 bridgehead atoms. The largest absolute Gasteiger partial charge is 0.0885 e. The van der Waals surface area contributed by atoms with Crippen molar-refractivity contribution in [3.8, 4) is 0 Å². The molecule has 0 saturated heterocycles. The number of hydrogen-bond donors (Lipinski definition) is 0. The van der Waals surface area contributed by atoms with Crippen molar-refractivity contribution in [2.45, 2.75) is 77.6 Å². The van der Waals surface area contributed by atoms with Crippen LogP contribution in [0.3, 0.4) is 0 Å². The fourth-order valence-electron chi connectivity index (χ4n) is 1.75. The van der Waals surface area contributed by atoms with E-state index in [2.05, 4.69) is 26.0 Å². The summed E-state index contributed by atoms with van der Waals surface area (Å²) >= 11 is 0. The Morgan fingerprint density at radius 3 is 1.87 bits per heavy atom. The van der Waals surface area contributed by atoms with Gasteiger partial charge in [-0.2, -0.15) is 0 Å². The molecule has 0 aromatic heterocycles. The molecule has 0 nitrogen and oxygen atoms in total. The van der Waals surface area contributed by atoms with E-state index in [1.807, 2.05) is 0 Å². The van der Waals surface area contributed by atoms with Crippen molar-refractivity contribution >= 4 is 0 Å². The van der Waals surface area contributed by atoms with Crippen LogP contribution in [-0.4, -0.2) is 0 Å². The smallest absolute Gasteiger partial charge is 0.0351 e. The normalized spacial score (nSPS) is 11.3. The first-order chi connectivity index (χ1) is 7.41. The minimum absolute atomic E-state index is 1.04. The van der Waals surface area contributed by atoms with E-state index >= 15 is 0 Å². The second kappa shape index (κ2) is 13.7. The van der Waals surface area contributed by atoms with Crippen LogP contribution in [-0.2, 0) is 0 Å². The molecule has 0 aliphatic rings. The van der Waals surface area contributed by atoms with Crippen LogP contribution in [0.5, 0.6) is 0 Å². The Morgan fingerprint density at radius 1 is 0.733 bits per heavy atom. The Hall–Kier alpha value is -0.260. The van der Waals surface area contributed by atoms with Gasteiger partial charge in [0.1, 0.15) is 0 Å². The van der Waals surface area contributed by atoms with Crippen molar-refractivity contribution in [3.05, 3.63) is 19.1 Å². The van der Waals surface area contributed by atoms with Gasteiger partial charge in [-0.3, -0.25) is 0 Å². The lowest BCUT2D eigenvalue weighted by Crippen LogP contribution is -1.79. The molecule has 0 aliphatic carbocycles. The molecular formula is C15H29. The van der Waals surface area contributed by atoms with E-state index in [9.17, 15) is 0 Å². The Labute approximate surface area is 97.2 Å². The molecule has 0 heteroatoms. The van der Waals surface area contributed by atoms with Gasteiger partial charge in [-0.25, -0.2) is 0 Å². The summed E-state index contributed by atoms with van der Waals surface area (Å²) in [5.74, 6) is 0. The molecule has 0 aromatic rings. The maximum Gasteiger partial charge on any atom is -0.0351 e. The number of unbranched alkanes of at least 4 members (excludes halogenated alkanes) is 9. The van der Waals surface area contributed by atoms with E-state index in [1.165, 1.54) is 57.8 Å². The number of hydrogen-bond acceptors (Lipinski definition) is 0. The van der Waals surface area contributed by atoms with Crippen molar-refractivity contribution in [3.63, 3.8) is 0 Å². The third-order valence-corrected chi connectivity index (χ3v) is 2.76. The number of allylic oxidation sites excluding steroid dienone is 2. The minimum atomic E-state index is 1.04. The second-order valence-corrected chi connectivity index (χ2v) is 4.38. The summed E-state index contributed by atoms with van der Waals surface area (Å²) in [5.41, 5.74) is 0. The van der Waals surface area contributed by atoms with Gasteiger partial charge in [0.05, 0.1) is 0 Å². The van der Waals surface area contributed by atoms with Crippen LogP contribution in [0.2, 0.25) is 0 Å². The van der Waals surface area contributed by atoms with Crippen molar-refractivity contribution < 1.29 is 0 Å². The summed E-state index contributed by atoms with van der Waals surface area (Å²) in [5, 5.41) is 0. The van der Waals surface area contributed by atoms with E-state index in [0.717, 1.165) is 12.8 Å². The van der Waals surface area contributed by atoms with Crippen LogP contribution in [0, 0.1) is 6.92 Å². The molecule has 0 atom stereocenters. The standard InChI is InChI=1S/C15H29/c1-3-5-7-9-11-13-15-14-12-10-8-6-4-2/h7,9H,1,3-6,8,10-15H2,2H3.